The lowest BCUT2D eigenvalue weighted by Gasteiger charge is -2.71. The Bertz CT molecular complexity index is 2110. The third-order valence-electron chi connectivity index (χ3n) is 15.2. The number of amides is 2. The number of nitrogens with zero attached hydrogens (tertiary/aromatic N) is 1. The van der Waals surface area contributed by atoms with Crippen molar-refractivity contribution in [1.82, 2.24) is 10.2 Å². The van der Waals surface area contributed by atoms with Gasteiger partial charge < -0.3 is 29.9 Å². The Hall–Kier alpha value is -4.61. The minimum Gasteiger partial charge on any atom is -0.497 e. The molecule has 1 unspecified atom stereocenters. The summed E-state index contributed by atoms with van der Waals surface area (Å²) >= 11 is 0. The number of fused-ring (bicyclic) bond motifs is 1. The molecule has 3 fully saturated rings. The van der Waals surface area contributed by atoms with Gasteiger partial charge in [-0.25, -0.2) is 4.79 Å². The number of carbonyl (C=O) groups excluding carboxylic acids is 2. The van der Waals surface area contributed by atoms with Gasteiger partial charge in [0, 0.05) is 33.9 Å². The number of urea groups is 1. The topological polar surface area (TPSA) is 108 Å². The molecule has 0 radical (unpaired) electrons. The van der Waals surface area contributed by atoms with E-state index in [1.54, 1.807) is 36.3 Å². The Morgan fingerprint density at radius 2 is 1.52 bits per heavy atom. The second kappa shape index (κ2) is 14.3. The Morgan fingerprint density at radius 1 is 0.879 bits per heavy atom. The van der Waals surface area contributed by atoms with Gasteiger partial charge in [0.1, 0.15) is 11.5 Å². The molecule has 6 aliphatic carbocycles. The average molecular weight is 799 g/mol. The Balaban J connectivity index is 1.16. The molecular weight excluding hydrogens is 746 g/mol. The van der Waals surface area contributed by atoms with Crippen LogP contribution in [0.3, 0.4) is 0 Å². The van der Waals surface area contributed by atoms with E-state index in [2.05, 4.69) is 42.1 Å². The number of Topliss-reactive ketones (excluding diaryl/α,β-unsaturated/α-hetero) is 1. The number of aliphatic hydroxyl groups is 2. The Kier molecular flexibility index (Phi) is 9.90. The molecule has 2 spiro atoms. The minimum absolute atomic E-state index is 0.0282. The van der Waals surface area contributed by atoms with E-state index >= 15 is 0 Å². The average Bonchev–Trinajstić information content (AvgIpc) is 3.47. The molecule has 11 heteroatoms. The molecule has 3 saturated carbocycles. The van der Waals surface area contributed by atoms with E-state index in [1.807, 2.05) is 37.3 Å². The van der Waals surface area contributed by atoms with Gasteiger partial charge in [0.25, 0.3) is 0 Å². The summed E-state index contributed by atoms with van der Waals surface area (Å²) in [4.78, 5) is 30.9. The SMILES string of the molecule is COc1ccc(C(=O)C2=C[C@@]34C=C[C@@]25[C@@H]2CC[C@@](O)(CN(Cc6ccc(OC(F)(F)F)cc6)C(=O)N[C@H](C)c6ccccc6)[C@@]2(C)CC[C@@H]5[C@@]3(C)CCC(O)C4)cc1. The van der Waals surface area contributed by atoms with Gasteiger partial charge in [-0.1, -0.05) is 74.5 Å². The lowest BCUT2D eigenvalue weighted by molar-refractivity contribution is -0.274. The standard InChI is InChI=1S/C47H53F3N2O6/c1-30(32-8-6-5-7-9-32)51-41(55)52(28-31-10-14-36(15-11-31)58-47(48,49)50)29-45(56)23-20-39-43(45,3)22-19-38-42(2)21-18-34(53)26-44(42)24-25-46(38,39)37(27-44)40(54)33-12-16-35(57-4)17-13-33/h5-17,24-25,27,30,34,38-39,53,56H,18-23,26,28-29H2,1-4H3,(H,51,55)/t30-,34?,38-,39-,42-,43+,44+,45-,46-/m1/s1. The molecule has 3 aromatic rings. The smallest absolute Gasteiger partial charge is 0.497 e. The summed E-state index contributed by atoms with van der Waals surface area (Å²) in [7, 11) is 1.59. The highest BCUT2D eigenvalue weighted by molar-refractivity contribution is 6.10. The fraction of sp³-hybridized carbons (Fsp3) is 0.489. The molecule has 0 heterocycles. The van der Waals surface area contributed by atoms with E-state index in [0.717, 1.165) is 24.0 Å². The van der Waals surface area contributed by atoms with Gasteiger partial charge in [0.05, 0.1) is 31.4 Å². The van der Waals surface area contributed by atoms with Crippen molar-refractivity contribution in [2.45, 2.75) is 96.4 Å². The van der Waals surface area contributed by atoms with Gasteiger partial charge in [0.2, 0.25) is 0 Å². The molecule has 3 aromatic carbocycles. The number of alkyl halides is 3. The summed E-state index contributed by atoms with van der Waals surface area (Å²) in [5.41, 5.74) is -0.750. The highest BCUT2D eigenvalue weighted by atomic mass is 19.4. The number of rotatable bonds is 10. The zero-order valence-electron chi connectivity index (χ0n) is 33.5. The van der Waals surface area contributed by atoms with Crippen molar-refractivity contribution in [2.75, 3.05) is 13.7 Å². The number of benzene rings is 3. The second-order valence-electron chi connectivity index (χ2n) is 18.0. The lowest BCUT2D eigenvalue weighted by Crippen LogP contribution is -2.67. The maximum atomic E-state index is 14.9. The van der Waals surface area contributed by atoms with Crippen LogP contribution in [-0.2, 0) is 6.54 Å². The number of halogens is 3. The van der Waals surface area contributed by atoms with E-state index in [0.29, 0.717) is 49.0 Å². The van der Waals surface area contributed by atoms with Gasteiger partial charge in [-0.15, -0.1) is 13.2 Å². The molecule has 0 saturated heterocycles. The lowest BCUT2D eigenvalue weighted by atomic mass is 9.32. The molecule has 9 atom stereocenters. The summed E-state index contributed by atoms with van der Waals surface area (Å²) in [6, 6.07) is 21.4. The van der Waals surface area contributed by atoms with E-state index in [9.17, 15) is 33.0 Å². The molecule has 0 aromatic heterocycles. The fourth-order valence-electron chi connectivity index (χ4n) is 12.1. The number of carbonyl (C=O) groups is 2. The van der Waals surface area contributed by atoms with Crippen LogP contribution in [0.25, 0.3) is 0 Å². The first kappa shape index (κ1) is 40.2. The van der Waals surface area contributed by atoms with E-state index < -0.39 is 40.3 Å². The predicted molar refractivity (Wildman–Crippen MR) is 213 cm³/mol. The number of aliphatic hydroxyl groups excluding tert-OH is 1. The largest absolute Gasteiger partial charge is 0.573 e. The zero-order chi connectivity index (χ0) is 41.3. The maximum absolute atomic E-state index is 14.9. The summed E-state index contributed by atoms with van der Waals surface area (Å²) in [5.74, 6) is 0.159. The van der Waals surface area contributed by atoms with Crippen molar-refractivity contribution in [3.63, 3.8) is 0 Å². The Morgan fingerprint density at radius 3 is 2.19 bits per heavy atom. The summed E-state index contributed by atoms with van der Waals surface area (Å²) in [5, 5.41) is 27.3. The van der Waals surface area contributed by atoms with Gasteiger partial charge in [0.15, 0.2) is 5.78 Å². The van der Waals surface area contributed by atoms with Crippen LogP contribution in [-0.4, -0.2) is 58.6 Å². The molecule has 8 nitrogen and oxygen atoms in total. The van der Waals surface area contributed by atoms with Crippen LogP contribution >= 0.6 is 0 Å². The molecule has 2 bridgehead atoms. The number of hydrogen-bond acceptors (Lipinski definition) is 6. The number of hydrogen-bond donors (Lipinski definition) is 3. The normalized spacial score (nSPS) is 33.9. The van der Waals surface area contributed by atoms with Crippen LogP contribution in [0.4, 0.5) is 18.0 Å². The predicted octanol–water partition coefficient (Wildman–Crippen LogP) is 9.34. The molecule has 3 N–H and O–H groups in total. The van der Waals surface area contributed by atoms with Gasteiger partial charge in [-0.05, 0) is 117 Å². The molecule has 58 heavy (non-hydrogen) atoms. The van der Waals surface area contributed by atoms with Crippen molar-refractivity contribution in [3.05, 3.63) is 119 Å². The van der Waals surface area contributed by atoms with Crippen LogP contribution < -0.4 is 14.8 Å². The van der Waals surface area contributed by atoms with Crippen LogP contribution in [0.1, 0.15) is 93.2 Å². The second-order valence-corrected chi connectivity index (χ2v) is 18.0. The van der Waals surface area contributed by atoms with Crippen molar-refractivity contribution < 1.29 is 42.4 Å². The summed E-state index contributed by atoms with van der Waals surface area (Å²) in [6.45, 7) is 6.34. The number of nitrogens with one attached hydrogen (secondary N) is 1. The number of allylic oxidation sites excluding steroid dienone is 4. The van der Waals surface area contributed by atoms with E-state index in [4.69, 9.17) is 4.74 Å². The zero-order valence-corrected chi connectivity index (χ0v) is 33.5. The first-order valence-electron chi connectivity index (χ1n) is 20.4. The highest BCUT2D eigenvalue weighted by Gasteiger charge is 2.74. The number of ketones is 1. The molecule has 9 rings (SSSR count). The summed E-state index contributed by atoms with van der Waals surface area (Å²) in [6.07, 6.45) is 5.87. The van der Waals surface area contributed by atoms with Crippen LogP contribution in [0.2, 0.25) is 0 Å². The highest BCUT2D eigenvalue weighted by Crippen LogP contribution is 2.78. The fourth-order valence-corrected chi connectivity index (χ4v) is 12.1. The third-order valence-corrected chi connectivity index (χ3v) is 15.2. The molecule has 0 aliphatic heterocycles. The van der Waals surface area contributed by atoms with Crippen molar-refractivity contribution in [1.29, 1.82) is 0 Å². The van der Waals surface area contributed by atoms with Gasteiger partial charge in [-0.2, -0.15) is 0 Å². The third kappa shape index (κ3) is 6.44. The quantitative estimate of drug-likeness (QED) is 0.139. The molecule has 6 aliphatic rings. The molecular formula is C47H53F3N2O6. The van der Waals surface area contributed by atoms with Crippen molar-refractivity contribution in [3.8, 4) is 11.5 Å². The summed E-state index contributed by atoms with van der Waals surface area (Å²) < 4.78 is 48.4. The monoisotopic (exact) mass is 798 g/mol. The Labute approximate surface area is 338 Å². The molecule has 2 amide bonds. The number of ether oxygens (including phenoxy) is 2. The molecule has 308 valence electrons. The van der Waals surface area contributed by atoms with Crippen molar-refractivity contribution >= 4 is 11.8 Å². The van der Waals surface area contributed by atoms with Gasteiger partial charge >= 0.3 is 12.4 Å². The van der Waals surface area contributed by atoms with Crippen LogP contribution in [0, 0.1) is 33.5 Å². The van der Waals surface area contributed by atoms with Crippen LogP contribution in [0.15, 0.2) is 103 Å². The van der Waals surface area contributed by atoms with Crippen LogP contribution in [0.5, 0.6) is 11.5 Å². The minimum atomic E-state index is -4.84. The van der Waals surface area contributed by atoms with Gasteiger partial charge in [-0.3, -0.25) is 4.79 Å². The number of methoxy groups -OCH3 is 1. The van der Waals surface area contributed by atoms with E-state index in [1.165, 1.54) is 24.3 Å². The van der Waals surface area contributed by atoms with Crippen molar-refractivity contribution in [2.24, 2.45) is 33.5 Å². The first-order chi connectivity index (χ1) is 27.5. The first-order valence-corrected chi connectivity index (χ1v) is 20.4. The maximum Gasteiger partial charge on any atom is 0.573 e. The van der Waals surface area contributed by atoms with E-state index in [-0.39, 0.29) is 47.9 Å².